The number of aliphatic hydroxyl groups is 1. The zero-order valence-corrected chi connectivity index (χ0v) is 14.1. The summed E-state index contributed by atoms with van der Waals surface area (Å²) < 4.78 is 0. The molecule has 1 aliphatic carbocycles. The highest BCUT2D eigenvalue weighted by molar-refractivity contribution is 5.00. The summed E-state index contributed by atoms with van der Waals surface area (Å²) in [5, 5.41) is 13.4. The van der Waals surface area contributed by atoms with Crippen LogP contribution in [-0.4, -0.2) is 47.3 Å². The second kappa shape index (κ2) is 9.01. The Morgan fingerprint density at radius 2 is 2.05 bits per heavy atom. The minimum absolute atomic E-state index is 0.0153. The summed E-state index contributed by atoms with van der Waals surface area (Å²) in [5.74, 6) is 0. The maximum absolute atomic E-state index is 9.83. The highest BCUT2D eigenvalue weighted by Crippen LogP contribution is 2.34. The van der Waals surface area contributed by atoms with Crippen LogP contribution >= 0.6 is 0 Å². The van der Waals surface area contributed by atoms with Crippen LogP contribution in [0.5, 0.6) is 0 Å². The Labute approximate surface area is 126 Å². The van der Waals surface area contributed by atoms with E-state index in [-0.39, 0.29) is 12.1 Å². The molecule has 0 aromatic heterocycles. The minimum Gasteiger partial charge on any atom is -0.394 e. The van der Waals surface area contributed by atoms with Crippen molar-refractivity contribution in [2.45, 2.75) is 90.3 Å². The summed E-state index contributed by atoms with van der Waals surface area (Å²) in [4.78, 5) is 2.70. The SMILES string of the molecule is CCCCN(C(C)CC)C1CCC(CO)(NCCC)C1. The fourth-order valence-electron chi connectivity index (χ4n) is 3.47. The first-order valence-electron chi connectivity index (χ1n) is 8.74. The fourth-order valence-corrected chi connectivity index (χ4v) is 3.47. The molecule has 120 valence electrons. The van der Waals surface area contributed by atoms with Crippen molar-refractivity contribution < 1.29 is 5.11 Å². The third-order valence-electron chi connectivity index (χ3n) is 5.03. The van der Waals surface area contributed by atoms with E-state index >= 15 is 0 Å². The highest BCUT2D eigenvalue weighted by Gasteiger charge is 2.40. The molecule has 1 rings (SSSR count). The van der Waals surface area contributed by atoms with Crippen molar-refractivity contribution in [3.05, 3.63) is 0 Å². The predicted molar refractivity (Wildman–Crippen MR) is 87.1 cm³/mol. The van der Waals surface area contributed by atoms with E-state index in [1.807, 2.05) is 0 Å². The monoisotopic (exact) mass is 284 g/mol. The molecule has 2 N–H and O–H groups in total. The molecule has 3 atom stereocenters. The zero-order chi connectivity index (χ0) is 15.0. The quantitative estimate of drug-likeness (QED) is 0.647. The molecule has 0 amide bonds. The van der Waals surface area contributed by atoms with Crippen molar-refractivity contribution in [2.24, 2.45) is 0 Å². The van der Waals surface area contributed by atoms with Gasteiger partial charge in [0.05, 0.1) is 6.61 Å². The highest BCUT2D eigenvalue weighted by atomic mass is 16.3. The average molecular weight is 284 g/mol. The van der Waals surface area contributed by atoms with E-state index in [9.17, 15) is 5.11 Å². The topological polar surface area (TPSA) is 35.5 Å². The summed E-state index contributed by atoms with van der Waals surface area (Å²) >= 11 is 0. The number of nitrogens with zero attached hydrogens (tertiary/aromatic N) is 1. The van der Waals surface area contributed by atoms with Crippen molar-refractivity contribution in [1.82, 2.24) is 10.2 Å². The standard InChI is InChI=1S/C17H36N2O/c1-5-8-12-19(15(4)7-3)16-9-10-17(13-16,14-20)18-11-6-2/h15-16,18,20H,5-14H2,1-4H3. The Kier molecular flexibility index (Phi) is 8.08. The van der Waals surface area contributed by atoms with Gasteiger partial charge in [-0.25, -0.2) is 0 Å². The van der Waals surface area contributed by atoms with Crippen molar-refractivity contribution in [3.8, 4) is 0 Å². The van der Waals surface area contributed by atoms with Crippen LogP contribution in [0.3, 0.4) is 0 Å². The van der Waals surface area contributed by atoms with Crippen LogP contribution < -0.4 is 5.32 Å². The smallest absolute Gasteiger partial charge is 0.0613 e. The van der Waals surface area contributed by atoms with Gasteiger partial charge in [-0.2, -0.15) is 0 Å². The molecule has 0 heterocycles. The van der Waals surface area contributed by atoms with E-state index in [4.69, 9.17) is 0 Å². The number of unbranched alkanes of at least 4 members (excludes halogenated alkanes) is 1. The lowest BCUT2D eigenvalue weighted by Crippen LogP contribution is -2.49. The van der Waals surface area contributed by atoms with Gasteiger partial charge in [-0.15, -0.1) is 0 Å². The van der Waals surface area contributed by atoms with Crippen molar-refractivity contribution in [3.63, 3.8) is 0 Å². The van der Waals surface area contributed by atoms with Crippen molar-refractivity contribution >= 4 is 0 Å². The molecular weight excluding hydrogens is 248 g/mol. The first-order valence-corrected chi connectivity index (χ1v) is 8.74. The van der Waals surface area contributed by atoms with Gasteiger partial charge in [0.25, 0.3) is 0 Å². The first-order chi connectivity index (χ1) is 9.62. The average Bonchev–Trinajstić information content (AvgIpc) is 2.90. The lowest BCUT2D eigenvalue weighted by molar-refractivity contribution is 0.115. The molecular formula is C17H36N2O. The molecule has 1 aliphatic rings. The van der Waals surface area contributed by atoms with E-state index < -0.39 is 0 Å². The predicted octanol–water partition coefficient (Wildman–Crippen LogP) is 3.17. The van der Waals surface area contributed by atoms with E-state index in [0.717, 1.165) is 25.8 Å². The molecule has 3 nitrogen and oxygen atoms in total. The molecule has 0 aliphatic heterocycles. The van der Waals surface area contributed by atoms with Crippen molar-refractivity contribution in [2.75, 3.05) is 19.7 Å². The normalized spacial score (nSPS) is 28.2. The maximum Gasteiger partial charge on any atom is 0.0613 e. The zero-order valence-electron chi connectivity index (χ0n) is 14.1. The molecule has 0 spiro atoms. The second-order valence-electron chi connectivity index (χ2n) is 6.61. The minimum atomic E-state index is -0.0153. The molecule has 1 fully saturated rings. The second-order valence-corrected chi connectivity index (χ2v) is 6.61. The Bertz CT molecular complexity index is 259. The van der Waals surface area contributed by atoms with E-state index in [1.165, 1.54) is 32.2 Å². The van der Waals surface area contributed by atoms with Crippen LogP contribution in [-0.2, 0) is 0 Å². The van der Waals surface area contributed by atoms with Crippen LogP contribution in [0.15, 0.2) is 0 Å². The lowest BCUT2D eigenvalue weighted by Gasteiger charge is -2.36. The van der Waals surface area contributed by atoms with Crippen LogP contribution in [0.4, 0.5) is 0 Å². The number of hydrogen-bond donors (Lipinski definition) is 2. The summed E-state index contributed by atoms with van der Waals surface area (Å²) in [6, 6.07) is 1.31. The van der Waals surface area contributed by atoms with Gasteiger partial charge >= 0.3 is 0 Å². The number of nitrogens with one attached hydrogen (secondary N) is 1. The van der Waals surface area contributed by atoms with Gasteiger partial charge in [0.1, 0.15) is 0 Å². The summed E-state index contributed by atoms with van der Waals surface area (Å²) in [7, 11) is 0. The van der Waals surface area contributed by atoms with E-state index in [0.29, 0.717) is 12.1 Å². The Balaban J connectivity index is 2.64. The van der Waals surface area contributed by atoms with E-state index in [2.05, 4.69) is 37.9 Å². The molecule has 0 bridgehead atoms. The van der Waals surface area contributed by atoms with E-state index in [1.54, 1.807) is 0 Å². The molecule has 0 saturated heterocycles. The van der Waals surface area contributed by atoms with Gasteiger partial charge in [-0.3, -0.25) is 4.90 Å². The maximum atomic E-state index is 9.83. The van der Waals surface area contributed by atoms with Gasteiger partial charge in [0.2, 0.25) is 0 Å². The van der Waals surface area contributed by atoms with Gasteiger partial charge in [0.15, 0.2) is 0 Å². The number of aliphatic hydroxyl groups excluding tert-OH is 1. The lowest BCUT2D eigenvalue weighted by atomic mass is 9.97. The molecule has 3 heteroatoms. The van der Waals surface area contributed by atoms with Crippen LogP contribution in [0, 0.1) is 0 Å². The van der Waals surface area contributed by atoms with Crippen LogP contribution in [0.25, 0.3) is 0 Å². The third kappa shape index (κ3) is 4.71. The largest absolute Gasteiger partial charge is 0.394 e. The molecule has 20 heavy (non-hydrogen) atoms. The van der Waals surface area contributed by atoms with Gasteiger partial charge in [-0.1, -0.05) is 27.2 Å². The van der Waals surface area contributed by atoms with Gasteiger partial charge in [0, 0.05) is 17.6 Å². The molecule has 0 radical (unpaired) electrons. The van der Waals surface area contributed by atoms with Gasteiger partial charge in [-0.05, 0) is 58.5 Å². The first kappa shape index (κ1) is 17.9. The van der Waals surface area contributed by atoms with Crippen LogP contribution in [0.1, 0.15) is 72.6 Å². The summed E-state index contributed by atoms with van der Waals surface area (Å²) in [6.07, 6.45) is 8.36. The molecule has 0 aromatic carbocycles. The third-order valence-corrected chi connectivity index (χ3v) is 5.03. The summed E-state index contributed by atoms with van der Waals surface area (Å²) in [6.45, 7) is 11.6. The summed E-state index contributed by atoms with van der Waals surface area (Å²) in [5.41, 5.74) is -0.0153. The number of rotatable bonds is 10. The Morgan fingerprint density at radius 1 is 1.30 bits per heavy atom. The molecule has 1 saturated carbocycles. The fraction of sp³-hybridized carbons (Fsp3) is 1.00. The molecule has 3 unspecified atom stereocenters. The van der Waals surface area contributed by atoms with Crippen molar-refractivity contribution in [1.29, 1.82) is 0 Å². The number of hydrogen-bond acceptors (Lipinski definition) is 3. The Hall–Kier alpha value is -0.120. The Morgan fingerprint density at radius 3 is 2.60 bits per heavy atom. The van der Waals surface area contributed by atoms with Gasteiger partial charge < -0.3 is 10.4 Å². The van der Waals surface area contributed by atoms with Crippen LogP contribution in [0.2, 0.25) is 0 Å². The molecule has 0 aromatic rings.